The molecule has 5 heteroatoms. The van der Waals surface area contributed by atoms with Crippen LogP contribution in [0.25, 0.3) is 0 Å². The van der Waals surface area contributed by atoms with Gasteiger partial charge in [0.25, 0.3) is 0 Å². The van der Waals surface area contributed by atoms with Gasteiger partial charge in [-0.25, -0.2) is 4.79 Å². The van der Waals surface area contributed by atoms with Gasteiger partial charge in [0.05, 0.1) is 19.0 Å². The van der Waals surface area contributed by atoms with E-state index in [0.29, 0.717) is 24.5 Å². The summed E-state index contributed by atoms with van der Waals surface area (Å²) in [6.07, 6.45) is 0. The van der Waals surface area contributed by atoms with Crippen LogP contribution in [0.3, 0.4) is 0 Å². The highest BCUT2D eigenvalue weighted by molar-refractivity contribution is 8.00. The molecule has 0 aromatic heterocycles. The Hall–Kier alpha value is -0.970. The van der Waals surface area contributed by atoms with Crippen LogP contribution in [0.2, 0.25) is 0 Å². The van der Waals surface area contributed by atoms with Crippen molar-refractivity contribution < 1.29 is 19.1 Å². The molecule has 0 unspecified atom stereocenters. The fourth-order valence-electron chi connectivity index (χ4n) is 0.752. The van der Waals surface area contributed by atoms with Crippen LogP contribution in [0, 0.1) is 0 Å². The van der Waals surface area contributed by atoms with Gasteiger partial charge in [0.1, 0.15) is 0 Å². The molecule has 0 atom stereocenters. The van der Waals surface area contributed by atoms with Crippen molar-refractivity contribution in [1.29, 1.82) is 0 Å². The minimum atomic E-state index is -0.408. The summed E-state index contributed by atoms with van der Waals surface area (Å²) in [4.78, 5) is 22.0. The van der Waals surface area contributed by atoms with E-state index >= 15 is 0 Å². The third-order valence-electron chi connectivity index (χ3n) is 1.37. The van der Waals surface area contributed by atoms with E-state index in [2.05, 4.69) is 6.58 Å². The van der Waals surface area contributed by atoms with E-state index in [9.17, 15) is 9.59 Å². The largest absolute Gasteiger partial charge is 0.465 e. The molecule has 4 nitrogen and oxygen atoms in total. The second-order valence-corrected chi connectivity index (χ2v) is 3.61. The van der Waals surface area contributed by atoms with E-state index in [0.717, 1.165) is 0 Å². The Labute approximate surface area is 94.0 Å². The Bertz CT molecular complexity index is 238. The van der Waals surface area contributed by atoms with Crippen LogP contribution in [0.15, 0.2) is 12.2 Å². The summed E-state index contributed by atoms with van der Waals surface area (Å²) in [5.41, 5.74) is 0.367. The Kier molecular flexibility index (Phi) is 7.81. The summed E-state index contributed by atoms with van der Waals surface area (Å²) in [5, 5.41) is 0. The first kappa shape index (κ1) is 14.0. The molecule has 0 saturated heterocycles. The van der Waals surface area contributed by atoms with Crippen molar-refractivity contribution in [3.05, 3.63) is 12.2 Å². The topological polar surface area (TPSA) is 52.6 Å². The van der Waals surface area contributed by atoms with Crippen molar-refractivity contribution in [2.24, 2.45) is 0 Å². The standard InChI is InChI=1S/C10H16O4S/c1-4-13-9(11)7-15-6-8(3)10(12)14-5-2/h3-7H2,1-2H3. The van der Waals surface area contributed by atoms with E-state index in [4.69, 9.17) is 9.47 Å². The average molecular weight is 232 g/mol. The van der Waals surface area contributed by atoms with E-state index in [1.807, 2.05) is 0 Å². The lowest BCUT2D eigenvalue weighted by Crippen LogP contribution is -2.11. The van der Waals surface area contributed by atoms with Crippen LogP contribution < -0.4 is 0 Å². The minimum absolute atomic E-state index is 0.228. The molecule has 0 heterocycles. The molecule has 0 rings (SSSR count). The Balaban J connectivity index is 3.63. The van der Waals surface area contributed by atoms with Gasteiger partial charge in [-0.05, 0) is 13.8 Å². The molecule has 0 radical (unpaired) electrons. The molecule has 0 aliphatic heterocycles. The summed E-state index contributed by atoms with van der Waals surface area (Å²) in [7, 11) is 0. The molecule has 0 aromatic rings. The van der Waals surface area contributed by atoms with Crippen LogP contribution in [0.1, 0.15) is 13.8 Å². The summed E-state index contributed by atoms with van der Waals surface area (Å²) in [6.45, 7) is 7.76. The molecule has 0 spiro atoms. The van der Waals surface area contributed by atoms with Crippen molar-refractivity contribution in [2.75, 3.05) is 24.7 Å². The fraction of sp³-hybridized carbons (Fsp3) is 0.600. The van der Waals surface area contributed by atoms with Crippen LogP contribution >= 0.6 is 11.8 Å². The van der Waals surface area contributed by atoms with Crippen LogP contribution in [-0.4, -0.2) is 36.7 Å². The molecular weight excluding hydrogens is 216 g/mol. The normalized spacial score (nSPS) is 9.47. The van der Waals surface area contributed by atoms with Gasteiger partial charge in [-0.15, -0.1) is 11.8 Å². The molecule has 15 heavy (non-hydrogen) atoms. The number of rotatable bonds is 7. The SMILES string of the molecule is C=C(CSCC(=O)OCC)C(=O)OCC. The quantitative estimate of drug-likeness (QED) is 0.490. The average Bonchev–Trinajstić information content (AvgIpc) is 2.18. The van der Waals surface area contributed by atoms with Crippen molar-refractivity contribution in [2.45, 2.75) is 13.8 Å². The maximum Gasteiger partial charge on any atom is 0.334 e. The number of hydrogen-bond donors (Lipinski definition) is 0. The van der Waals surface area contributed by atoms with Gasteiger partial charge >= 0.3 is 11.9 Å². The molecule has 0 aliphatic rings. The third kappa shape index (κ3) is 7.02. The maximum atomic E-state index is 11.1. The highest BCUT2D eigenvalue weighted by Gasteiger charge is 2.09. The predicted octanol–water partition coefficient (Wildman–Crippen LogP) is 1.40. The fourth-order valence-corrected chi connectivity index (χ4v) is 1.47. The van der Waals surface area contributed by atoms with Crippen molar-refractivity contribution in [1.82, 2.24) is 0 Å². The number of carbonyl (C=O) groups is 2. The molecule has 0 amide bonds. The van der Waals surface area contributed by atoms with Crippen LogP contribution in [0.5, 0.6) is 0 Å². The number of carbonyl (C=O) groups excluding carboxylic acids is 2. The van der Waals surface area contributed by atoms with E-state index in [-0.39, 0.29) is 11.7 Å². The zero-order chi connectivity index (χ0) is 11.7. The Morgan fingerprint density at radius 2 is 1.73 bits per heavy atom. The highest BCUT2D eigenvalue weighted by Crippen LogP contribution is 2.08. The van der Waals surface area contributed by atoms with E-state index < -0.39 is 5.97 Å². The van der Waals surface area contributed by atoms with Crippen molar-refractivity contribution in [3.63, 3.8) is 0 Å². The zero-order valence-electron chi connectivity index (χ0n) is 9.08. The van der Waals surface area contributed by atoms with E-state index in [1.54, 1.807) is 13.8 Å². The minimum Gasteiger partial charge on any atom is -0.465 e. The van der Waals surface area contributed by atoms with Gasteiger partial charge in [-0.2, -0.15) is 0 Å². The summed E-state index contributed by atoms with van der Waals surface area (Å²) >= 11 is 1.29. The zero-order valence-corrected chi connectivity index (χ0v) is 9.89. The number of thioether (sulfide) groups is 1. The van der Waals surface area contributed by atoms with Crippen LogP contribution in [-0.2, 0) is 19.1 Å². The van der Waals surface area contributed by atoms with E-state index in [1.165, 1.54) is 11.8 Å². The first-order chi connectivity index (χ1) is 7.11. The third-order valence-corrected chi connectivity index (χ3v) is 2.36. The molecule has 0 aromatic carbocycles. The lowest BCUT2D eigenvalue weighted by atomic mass is 10.4. The molecule has 0 bridgehead atoms. The first-order valence-electron chi connectivity index (χ1n) is 4.70. The second-order valence-electron chi connectivity index (χ2n) is 2.62. The molecule has 86 valence electrons. The smallest absolute Gasteiger partial charge is 0.334 e. The van der Waals surface area contributed by atoms with Gasteiger partial charge in [0, 0.05) is 11.3 Å². The lowest BCUT2D eigenvalue weighted by molar-refractivity contribution is -0.140. The highest BCUT2D eigenvalue weighted by atomic mass is 32.2. The molecule has 0 N–H and O–H groups in total. The summed E-state index contributed by atoms with van der Waals surface area (Å²) < 4.78 is 9.47. The molecule has 0 aliphatic carbocycles. The maximum absolute atomic E-state index is 11.1. The first-order valence-corrected chi connectivity index (χ1v) is 5.85. The molecular formula is C10H16O4S. The summed E-state index contributed by atoms with van der Waals surface area (Å²) in [6, 6.07) is 0. The van der Waals surface area contributed by atoms with Gasteiger partial charge < -0.3 is 9.47 Å². The Morgan fingerprint density at radius 1 is 1.13 bits per heavy atom. The van der Waals surface area contributed by atoms with Crippen LogP contribution in [0.4, 0.5) is 0 Å². The number of ether oxygens (including phenoxy) is 2. The van der Waals surface area contributed by atoms with Gasteiger partial charge in [0.2, 0.25) is 0 Å². The Morgan fingerprint density at radius 3 is 2.27 bits per heavy atom. The van der Waals surface area contributed by atoms with Gasteiger partial charge in [0.15, 0.2) is 0 Å². The van der Waals surface area contributed by atoms with Crippen molar-refractivity contribution in [3.8, 4) is 0 Å². The monoisotopic (exact) mass is 232 g/mol. The van der Waals surface area contributed by atoms with Crippen molar-refractivity contribution >= 4 is 23.7 Å². The summed E-state index contributed by atoms with van der Waals surface area (Å²) in [5.74, 6) is -0.0720. The number of esters is 2. The molecule has 0 saturated carbocycles. The predicted molar refractivity (Wildman–Crippen MR) is 59.7 cm³/mol. The number of hydrogen-bond acceptors (Lipinski definition) is 5. The lowest BCUT2D eigenvalue weighted by Gasteiger charge is -2.04. The van der Waals surface area contributed by atoms with Gasteiger partial charge in [-0.3, -0.25) is 4.79 Å². The van der Waals surface area contributed by atoms with Gasteiger partial charge in [-0.1, -0.05) is 6.58 Å². The molecule has 0 fully saturated rings. The second kappa shape index (κ2) is 8.35.